The summed E-state index contributed by atoms with van der Waals surface area (Å²) in [5.41, 5.74) is 0.623. The Hall–Kier alpha value is -1.75. The van der Waals surface area contributed by atoms with Crippen LogP contribution in [0.5, 0.6) is 11.5 Å². The zero-order valence-electron chi connectivity index (χ0n) is 12.5. The van der Waals surface area contributed by atoms with Gasteiger partial charge < -0.3 is 19.5 Å². The van der Waals surface area contributed by atoms with Gasteiger partial charge in [0.2, 0.25) is 0 Å². The van der Waals surface area contributed by atoms with Gasteiger partial charge in [0.25, 0.3) is 5.91 Å². The fraction of sp³-hybridized carbons (Fsp3) is 0.562. The number of nitrogens with zero attached hydrogens (tertiary/aromatic N) is 1. The summed E-state index contributed by atoms with van der Waals surface area (Å²) in [6, 6.07) is 5.30. The van der Waals surface area contributed by atoms with Gasteiger partial charge in [-0.05, 0) is 18.9 Å². The molecule has 1 saturated heterocycles. The van der Waals surface area contributed by atoms with Gasteiger partial charge in [0.05, 0.1) is 13.7 Å². The molecule has 2 rings (SSSR count). The molecular formula is C16H23NO4. The molecule has 0 unspecified atom stereocenters. The Morgan fingerprint density at radius 3 is 2.57 bits per heavy atom. The van der Waals surface area contributed by atoms with Crippen LogP contribution in [0.3, 0.4) is 0 Å². The molecule has 1 aromatic carbocycles. The van der Waals surface area contributed by atoms with Gasteiger partial charge >= 0.3 is 0 Å². The van der Waals surface area contributed by atoms with Gasteiger partial charge in [0, 0.05) is 18.7 Å². The van der Waals surface area contributed by atoms with Crippen molar-refractivity contribution < 1.29 is 19.4 Å². The summed E-state index contributed by atoms with van der Waals surface area (Å²) >= 11 is 0. The van der Waals surface area contributed by atoms with E-state index in [9.17, 15) is 9.90 Å². The summed E-state index contributed by atoms with van der Waals surface area (Å²) in [4.78, 5) is 14.1. The van der Waals surface area contributed by atoms with E-state index in [0.717, 1.165) is 25.9 Å². The van der Waals surface area contributed by atoms with E-state index in [2.05, 4.69) is 0 Å². The number of carbonyl (C=O) groups is 1. The molecule has 5 heteroatoms. The minimum absolute atomic E-state index is 0.00769. The summed E-state index contributed by atoms with van der Waals surface area (Å²) in [7, 11) is 1.54. The van der Waals surface area contributed by atoms with Crippen molar-refractivity contribution in [1.29, 1.82) is 0 Å². The Labute approximate surface area is 125 Å². The van der Waals surface area contributed by atoms with E-state index in [1.807, 2.05) is 4.90 Å². The number of carbonyl (C=O) groups excluding carboxylic acids is 1. The molecule has 0 radical (unpaired) electrons. The molecular weight excluding hydrogens is 270 g/mol. The van der Waals surface area contributed by atoms with Gasteiger partial charge in [-0.15, -0.1) is 0 Å². The van der Waals surface area contributed by atoms with Crippen LogP contribution in [0.2, 0.25) is 0 Å². The minimum atomic E-state index is -0.148. The first-order chi connectivity index (χ1) is 10.3. The van der Waals surface area contributed by atoms with E-state index in [4.69, 9.17) is 9.47 Å². The van der Waals surface area contributed by atoms with Gasteiger partial charge in [-0.25, -0.2) is 0 Å². The number of ether oxygens (including phenoxy) is 2. The minimum Gasteiger partial charge on any atom is -0.493 e. The van der Waals surface area contributed by atoms with Crippen molar-refractivity contribution in [2.24, 2.45) is 0 Å². The first kappa shape index (κ1) is 15.6. The predicted octanol–water partition coefficient (Wildman–Crippen LogP) is 1.97. The van der Waals surface area contributed by atoms with Gasteiger partial charge in [-0.3, -0.25) is 4.79 Å². The van der Waals surface area contributed by atoms with Crippen LogP contribution in [-0.2, 0) is 11.4 Å². The highest BCUT2D eigenvalue weighted by molar-refractivity contribution is 5.78. The number of methoxy groups -OCH3 is 1. The van der Waals surface area contributed by atoms with Crippen LogP contribution >= 0.6 is 0 Å². The maximum absolute atomic E-state index is 12.2. The zero-order chi connectivity index (χ0) is 15.1. The second kappa shape index (κ2) is 7.88. The van der Waals surface area contributed by atoms with E-state index < -0.39 is 0 Å². The maximum atomic E-state index is 12.2. The molecule has 0 bridgehead atoms. The van der Waals surface area contributed by atoms with Crippen molar-refractivity contribution in [3.63, 3.8) is 0 Å². The number of hydrogen-bond acceptors (Lipinski definition) is 4. The maximum Gasteiger partial charge on any atom is 0.260 e. The van der Waals surface area contributed by atoms with E-state index >= 15 is 0 Å². The van der Waals surface area contributed by atoms with Crippen LogP contribution in [0.1, 0.15) is 31.2 Å². The number of para-hydroxylation sites is 1. The molecule has 0 saturated carbocycles. The molecule has 1 N–H and O–H groups in total. The molecule has 1 heterocycles. The molecule has 1 aliphatic rings. The number of likely N-dealkylation sites (tertiary alicyclic amines) is 1. The van der Waals surface area contributed by atoms with Crippen molar-refractivity contribution in [1.82, 2.24) is 4.90 Å². The first-order valence-electron chi connectivity index (χ1n) is 7.43. The van der Waals surface area contributed by atoms with Gasteiger partial charge in [-0.2, -0.15) is 0 Å². The summed E-state index contributed by atoms with van der Waals surface area (Å²) in [5.74, 6) is 0.975. The smallest absolute Gasteiger partial charge is 0.260 e. The lowest BCUT2D eigenvalue weighted by Gasteiger charge is -2.21. The van der Waals surface area contributed by atoms with Crippen LogP contribution in [0.4, 0.5) is 0 Å². The normalized spacial score (nSPS) is 15.4. The molecule has 5 nitrogen and oxygen atoms in total. The van der Waals surface area contributed by atoms with Crippen LogP contribution in [0.15, 0.2) is 18.2 Å². The molecule has 1 amide bonds. The van der Waals surface area contributed by atoms with Gasteiger partial charge in [0.15, 0.2) is 18.1 Å². The average molecular weight is 293 g/mol. The number of amides is 1. The highest BCUT2D eigenvalue weighted by Gasteiger charge is 2.18. The Morgan fingerprint density at radius 1 is 1.24 bits per heavy atom. The number of benzene rings is 1. The molecule has 116 valence electrons. The molecule has 21 heavy (non-hydrogen) atoms. The summed E-state index contributed by atoms with van der Waals surface area (Å²) in [6.45, 7) is 1.44. The molecule has 1 aliphatic heterocycles. The Kier molecular flexibility index (Phi) is 5.87. The molecule has 0 aromatic heterocycles. The second-order valence-corrected chi connectivity index (χ2v) is 5.19. The van der Waals surface area contributed by atoms with Crippen molar-refractivity contribution in [2.45, 2.75) is 32.3 Å². The molecule has 1 aromatic rings. The third-order valence-electron chi connectivity index (χ3n) is 3.75. The third-order valence-corrected chi connectivity index (χ3v) is 3.75. The number of aliphatic hydroxyl groups excluding tert-OH is 1. The highest BCUT2D eigenvalue weighted by atomic mass is 16.5. The third kappa shape index (κ3) is 4.11. The number of rotatable bonds is 5. The summed E-state index contributed by atoms with van der Waals surface area (Å²) in [5, 5.41) is 9.36. The summed E-state index contributed by atoms with van der Waals surface area (Å²) in [6.07, 6.45) is 4.49. The second-order valence-electron chi connectivity index (χ2n) is 5.19. The largest absolute Gasteiger partial charge is 0.493 e. The van der Waals surface area contributed by atoms with E-state index in [1.54, 1.807) is 25.3 Å². The van der Waals surface area contributed by atoms with E-state index in [1.165, 1.54) is 12.8 Å². The molecule has 0 aliphatic carbocycles. The lowest BCUT2D eigenvalue weighted by Crippen LogP contribution is -2.35. The Morgan fingerprint density at radius 2 is 1.95 bits per heavy atom. The fourth-order valence-corrected chi connectivity index (χ4v) is 2.56. The van der Waals surface area contributed by atoms with Crippen molar-refractivity contribution >= 4 is 5.91 Å². The first-order valence-corrected chi connectivity index (χ1v) is 7.43. The average Bonchev–Trinajstić information content (AvgIpc) is 2.81. The van der Waals surface area contributed by atoms with Crippen molar-refractivity contribution in [2.75, 3.05) is 26.8 Å². The molecule has 1 fully saturated rings. The number of hydrogen-bond donors (Lipinski definition) is 1. The number of aliphatic hydroxyl groups is 1. The van der Waals surface area contributed by atoms with Crippen molar-refractivity contribution in [3.05, 3.63) is 23.8 Å². The molecule has 0 atom stereocenters. The topological polar surface area (TPSA) is 59.0 Å². The molecule has 0 spiro atoms. The highest BCUT2D eigenvalue weighted by Crippen LogP contribution is 2.31. The lowest BCUT2D eigenvalue weighted by molar-refractivity contribution is -0.133. The predicted molar refractivity (Wildman–Crippen MR) is 79.5 cm³/mol. The van der Waals surface area contributed by atoms with Gasteiger partial charge in [0.1, 0.15) is 0 Å². The lowest BCUT2D eigenvalue weighted by atomic mass is 10.2. The quantitative estimate of drug-likeness (QED) is 0.901. The van der Waals surface area contributed by atoms with Gasteiger partial charge in [-0.1, -0.05) is 25.0 Å². The Bertz CT molecular complexity index is 445. The van der Waals surface area contributed by atoms with Crippen LogP contribution in [0.25, 0.3) is 0 Å². The van der Waals surface area contributed by atoms with Crippen LogP contribution < -0.4 is 9.47 Å². The van der Waals surface area contributed by atoms with Crippen LogP contribution in [0, 0.1) is 0 Å². The Balaban J connectivity index is 2.00. The van der Waals surface area contributed by atoms with E-state index in [0.29, 0.717) is 17.1 Å². The monoisotopic (exact) mass is 293 g/mol. The van der Waals surface area contributed by atoms with E-state index in [-0.39, 0.29) is 19.1 Å². The zero-order valence-corrected chi connectivity index (χ0v) is 12.5. The summed E-state index contributed by atoms with van der Waals surface area (Å²) < 4.78 is 10.9. The SMILES string of the molecule is COc1cccc(CO)c1OCC(=O)N1CCCCCC1. The van der Waals surface area contributed by atoms with Crippen molar-refractivity contribution in [3.8, 4) is 11.5 Å². The standard InChI is InChI=1S/C16H23NO4/c1-20-14-8-6-7-13(11-18)16(14)21-12-15(19)17-9-4-2-3-5-10-17/h6-8,18H,2-5,9-12H2,1H3. The fourth-order valence-electron chi connectivity index (χ4n) is 2.56. The van der Waals surface area contributed by atoms with Crippen LogP contribution in [-0.4, -0.2) is 42.7 Å².